The highest BCUT2D eigenvalue weighted by Crippen LogP contribution is 2.21. The molecule has 0 radical (unpaired) electrons. The van der Waals surface area contributed by atoms with Crippen molar-refractivity contribution in [2.75, 3.05) is 0 Å². The van der Waals surface area contributed by atoms with Crippen LogP contribution in [-0.2, 0) is 4.79 Å². The Hall–Kier alpha value is -2.53. The number of carbonyl (C=O) groups excluding carboxylic acids is 2. The summed E-state index contributed by atoms with van der Waals surface area (Å²) in [6, 6.07) is 7.19. The second-order valence-electron chi connectivity index (χ2n) is 5.33. The molecule has 0 fully saturated rings. The number of nitrogens with zero attached hydrogens (tertiary/aromatic N) is 2. The molecule has 0 bridgehead atoms. The van der Waals surface area contributed by atoms with Crippen molar-refractivity contribution in [3.63, 3.8) is 0 Å². The highest BCUT2D eigenvalue weighted by Gasteiger charge is 2.35. The number of halogens is 1. The normalized spacial score (nSPS) is 12.1. The lowest BCUT2D eigenvalue weighted by atomic mass is 9.85. The van der Waals surface area contributed by atoms with Gasteiger partial charge in [-0.1, -0.05) is 20.8 Å². The van der Waals surface area contributed by atoms with Crippen LogP contribution in [0.25, 0.3) is 0 Å². The number of Topliss-reactive ketones (excluding diaryl/α,β-unsaturated/α-hetero) is 2. The van der Waals surface area contributed by atoms with Crippen molar-refractivity contribution in [1.29, 1.82) is 10.5 Å². The number of alkyl halides is 1. The minimum Gasteiger partial charge on any atom is -0.295 e. The van der Waals surface area contributed by atoms with Crippen molar-refractivity contribution < 1.29 is 14.0 Å². The Morgan fingerprint density at radius 1 is 1.15 bits per heavy atom. The van der Waals surface area contributed by atoms with E-state index in [0.29, 0.717) is 0 Å². The lowest BCUT2D eigenvalue weighted by Crippen LogP contribution is -2.35. The van der Waals surface area contributed by atoms with Crippen LogP contribution in [0.5, 0.6) is 0 Å². The molecule has 1 rings (SSSR count). The van der Waals surface area contributed by atoms with Gasteiger partial charge in [-0.2, -0.15) is 10.5 Å². The Balaban J connectivity index is 3.15. The van der Waals surface area contributed by atoms with Gasteiger partial charge < -0.3 is 0 Å². The summed E-state index contributed by atoms with van der Waals surface area (Å²) in [6.07, 6.45) is -2.27. The predicted molar refractivity (Wildman–Crippen MR) is 69.6 cm³/mol. The summed E-state index contributed by atoms with van der Waals surface area (Å²) in [5, 5.41) is 17.6. The lowest BCUT2D eigenvalue weighted by Gasteiger charge is -2.18. The Bertz CT molecular complexity index is 645. The van der Waals surface area contributed by atoms with Gasteiger partial charge in [0.05, 0.1) is 11.1 Å². The van der Waals surface area contributed by atoms with Gasteiger partial charge in [0.1, 0.15) is 12.1 Å². The molecule has 5 heteroatoms. The minimum atomic E-state index is -2.27. The van der Waals surface area contributed by atoms with Gasteiger partial charge >= 0.3 is 0 Å². The Kier molecular flexibility index (Phi) is 4.37. The average Bonchev–Trinajstić information content (AvgIpc) is 2.42. The van der Waals surface area contributed by atoms with E-state index in [2.05, 4.69) is 0 Å². The van der Waals surface area contributed by atoms with E-state index >= 15 is 0 Å². The van der Waals surface area contributed by atoms with Gasteiger partial charge in [-0.3, -0.25) is 9.59 Å². The SMILES string of the molecule is CC(C)(C)C(=O)C(F)C(=O)c1ccc(C#N)c(C#N)c1. The van der Waals surface area contributed by atoms with E-state index < -0.39 is 23.2 Å². The molecule has 0 aromatic heterocycles. The Labute approximate surface area is 116 Å². The third kappa shape index (κ3) is 3.07. The fourth-order valence-electron chi connectivity index (χ4n) is 1.53. The van der Waals surface area contributed by atoms with E-state index in [0.717, 1.165) is 6.07 Å². The summed E-state index contributed by atoms with van der Waals surface area (Å²) >= 11 is 0. The monoisotopic (exact) mass is 272 g/mol. The number of ketones is 2. The molecule has 4 nitrogen and oxygen atoms in total. The van der Waals surface area contributed by atoms with Crippen LogP contribution in [0.15, 0.2) is 18.2 Å². The van der Waals surface area contributed by atoms with Crippen LogP contribution in [0.2, 0.25) is 0 Å². The molecule has 1 aromatic rings. The fraction of sp³-hybridized carbons (Fsp3) is 0.333. The van der Waals surface area contributed by atoms with E-state index in [1.54, 1.807) is 12.1 Å². The maximum absolute atomic E-state index is 13.9. The van der Waals surface area contributed by atoms with Crippen LogP contribution in [0.1, 0.15) is 42.3 Å². The number of benzene rings is 1. The Morgan fingerprint density at radius 2 is 1.70 bits per heavy atom. The molecule has 0 spiro atoms. The van der Waals surface area contributed by atoms with Crippen molar-refractivity contribution in [2.24, 2.45) is 5.41 Å². The summed E-state index contributed by atoms with van der Waals surface area (Å²) in [5.74, 6) is -1.81. The first-order valence-electron chi connectivity index (χ1n) is 5.89. The summed E-state index contributed by atoms with van der Waals surface area (Å²) in [4.78, 5) is 23.7. The van der Waals surface area contributed by atoms with Crippen molar-refractivity contribution >= 4 is 11.6 Å². The van der Waals surface area contributed by atoms with E-state index in [-0.39, 0.29) is 16.7 Å². The fourth-order valence-corrected chi connectivity index (χ4v) is 1.53. The standard InChI is InChI=1S/C15H13FN2O2/c1-15(2,3)14(20)12(16)13(19)9-4-5-10(7-17)11(6-9)8-18/h4-6,12H,1-3H3. The van der Waals surface area contributed by atoms with Crippen LogP contribution in [-0.4, -0.2) is 17.7 Å². The number of hydrogen-bond donors (Lipinski definition) is 0. The molecular weight excluding hydrogens is 259 g/mol. The highest BCUT2D eigenvalue weighted by atomic mass is 19.1. The van der Waals surface area contributed by atoms with Gasteiger partial charge in [-0.05, 0) is 18.2 Å². The van der Waals surface area contributed by atoms with Crippen molar-refractivity contribution in [3.05, 3.63) is 34.9 Å². The van der Waals surface area contributed by atoms with Gasteiger partial charge in [0, 0.05) is 11.0 Å². The third-order valence-corrected chi connectivity index (χ3v) is 2.74. The second kappa shape index (κ2) is 5.63. The van der Waals surface area contributed by atoms with Crippen molar-refractivity contribution in [3.8, 4) is 12.1 Å². The molecule has 0 saturated heterocycles. The molecule has 102 valence electrons. The van der Waals surface area contributed by atoms with E-state index in [4.69, 9.17) is 10.5 Å². The topological polar surface area (TPSA) is 81.7 Å². The predicted octanol–water partition coefficient (Wildman–Crippen LogP) is 2.57. The zero-order valence-corrected chi connectivity index (χ0v) is 11.4. The summed E-state index contributed by atoms with van der Waals surface area (Å²) in [7, 11) is 0. The van der Waals surface area contributed by atoms with Crippen LogP contribution >= 0.6 is 0 Å². The molecule has 0 aliphatic rings. The van der Waals surface area contributed by atoms with Crippen molar-refractivity contribution in [2.45, 2.75) is 26.9 Å². The molecule has 1 unspecified atom stereocenters. The van der Waals surface area contributed by atoms with Gasteiger partial charge in [0.25, 0.3) is 0 Å². The van der Waals surface area contributed by atoms with Crippen LogP contribution < -0.4 is 0 Å². The van der Waals surface area contributed by atoms with E-state index in [9.17, 15) is 14.0 Å². The van der Waals surface area contributed by atoms with Gasteiger partial charge in [-0.15, -0.1) is 0 Å². The first-order valence-corrected chi connectivity index (χ1v) is 5.89. The van der Waals surface area contributed by atoms with E-state index in [1.807, 2.05) is 0 Å². The first kappa shape index (κ1) is 15.5. The molecule has 0 aliphatic heterocycles. The quantitative estimate of drug-likeness (QED) is 0.625. The highest BCUT2D eigenvalue weighted by molar-refractivity contribution is 6.14. The van der Waals surface area contributed by atoms with Gasteiger partial charge in [0.2, 0.25) is 12.0 Å². The molecular formula is C15H13FN2O2. The summed E-state index contributed by atoms with van der Waals surface area (Å²) in [6.45, 7) is 4.57. The molecule has 20 heavy (non-hydrogen) atoms. The minimum absolute atomic E-state index is 0.0197. The first-order chi connectivity index (χ1) is 9.22. The number of rotatable bonds is 3. The van der Waals surface area contributed by atoms with Crippen molar-refractivity contribution in [1.82, 2.24) is 0 Å². The van der Waals surface area contributed by atoms with Gasteiger partial charge in [-0.25, -0.2) is 4.39 Å². The average molecular weight is 272 g/mol. The molecule has 0 saturated carbocycles. The lowest BCUT2D eigenvalue weighted by molar-refractivity contribution is -0.129. The Morgan fingerprint density at radius 3 is 2.15 bits per heavy atom. The number of nitriles is 2. The molecule has 0 amide bonds. The largest absolute Gasteiger partial charge is 0.295 e. The molecule has 0 aliphatic carbocycles. The van der Waals surface area contributed by atoms with Crippen LogP contribution in [0.3, 0.4) is 0 Å². The van der Waals surface area contributed by atoms with Crippen LogP contribution in [0, 0.1) is 28.1 Å². The maximum atomic E-state index is 13.9. The third-order valence-electron chi connectivity index (χ3n) is 2.74. The van der Waals surface area contributed by atoms with Gasteiger partial charge in [0.15, 0.2) is 5.78 Å². The van der Waals surface area contributed by atoms with E-state index in [1.165, 1.54) is 32.9 Å². The molecule has 1 aromatic carbocycles. The zero-order chi connectivity index (χ0) is 15.5. The zero-order valence-electron chi connectivity index (χ0n) is 11.4. The summed E-state index contributed by atoms with van der Waals surface area (Å²) < 4.78 is 13.9. The molecule has 1 atom stereocenters. The summed E-state index contributed by atoms with van der Waals surface area (Å²) in [5.41, 5.74) is -0.985. The number of hydrogen-bond acceptors (Lipinski definition) is 4. The maximum Gasteiger partial charge on any atom is 0.221 e. The molecule has 0 heterocycles. The number of carbonyl (C=O) groups is 2. The smallest absolute Gasteiger partial charge is 0.221 e. The second-order valence-corrected chi connectivity index (χ2v) is 5.33. The molecule has 0 N–H and O–H groups in total. The van der Waals surface area contributed by atoms with Crippen LogP contribution in [0.4, 0.5) is 4.39 Å².